The first-order valence-corrected chi connectivity index (χ1v) is 6.91. The van der Waals surface area contributed by atoms with Crippen LogP contribution in [0.15, 0.2) is 53.6 Å². The Balaban J connectivity index is 1.91. The van der Waals surface area contributed by atoms with Gasteiger partial charge in [-0.25, -0.2) is 5.43 Å². The van der Waals surface area contributed by atoms with E-state index in [-0.39, 0.29) is 6.61 Å². The first-order chi connectivity index (χ1) is 11.1. The van der Waals surface area contributed by atoms with Crippen molar-refractivity contribution in [3.8, 4) is 11.8 Å². The number of carbonyl (C=O) groups excluding carboxylic acids is 1. The molecule has 6 heteroatoms. The summed E-state index contributed by atoms with van der Waals surface area (Å²) < 4.78 is 5.32. The number of amides is 1. The molecule has 0 heterocycles. The molecule has 0 saturated heterocycles. The molecular formula is C17H16N4O2. The van der Waals surface area contributed by atoms with Crippen LogP contribution in [-0.4, -0.2) is 18.2 Å². The zero-order chi connectivity index (χ0) is 16.7. The van der Waals surface area contributed by atoms with Gasteiger partial charge in [0, 0.05) is 5.69 Å². The summed E-state index contributed by atoms with van der Waals surface area (Å²) in [5.74, 6) is -0.0445. The van der Waals surface area contributed by atoms with Gasteiger partial charge in [-0.15, -0.1) is 0 Å². The van der Waals surface area contributed by atoms with Crippen LogP contribution >= 0.6 is 0 Å². The summed E-state index contributed by atoms with van der Waals surface area (Å²) >= 11 is 0. The van der Waals surface area contributed by atoms with Crippen molar-refractivity contribution in [1.29, 1.82) is 5.26 Å². The van der Waals surface area contributed by atoms with Crippen LogP contribution < -0.4 is 15.9 Å². The fraction of sp³-hybridized carbons (Fsp3) is 0.118. The van der Waals surface area contributed by atoms with Crippen molar-refractivity contribution in [2.24, 2.45) is 5.10 Å². The molecule has 0 aliphatic carbocycles. The number of hydrazone groups is 1. The van der Waals surface area contributed by atoms with Crippen LogP contribution in [0.4, 0.5) is 5.69 Å². The number of nitrogens with two attached hydrogens (primary N) is 1. The number of hydrogen-bond donors (Lipinski definition) is 2. The number of nitrogens with zero attached hydrogens (tertiary/aromatic N) is 2. The number of anilines is 1. The van der Waals surface area contributed by atoms with E-state index in [1.54, 1.807) is 43.3 Å². The van der Waals surface area contributed by atoms with Crippen molar-refractivity contribution in [3.63, 3.8) is 0 Å². The summed E-state index contributed by atoms with van der Waals surface area (Å²) in [4.78, 5) is 11.8. The Kier molecular flexibility index (Phi) is 5.31. The minimum absolute atomic E-state index is 0.225. The monoisotopic (exact) mass is 308 g/mol. The minimum atomic E-state index is -0.410. The van der Waals surface area contributed by atoms with E-state index >= 15 is 0 Å². The average molecular weight is 308 g/mol. The number of ether oxygens (including phenoxy) is 1. The number of rotatable bonds is 5. The molecule has 2 aromatic carbocycles. The Morgan fingerprint density at radius 3 is 2.65 bits per heavy atom. The van der Waals surface area contributed by atoms with Crippen LogP contribution in [0.25, 0.3) is 0 Å². The molecule has 1 amide bonds. The van der Waals surface area contributed by atoms with Gasteiger partial charge in [-0.05, 0) is 36.8 Å². The SMILES string of the molecule is C/C(=N\NC(=O)COc1ccccc1C#N)c1ccc(N)cc1. The lowest BCUT2D eigenvalue weighted by Crippen LogP contribution is -2.25. The maximum absolute atomic E-state index is 11.8. The number of para-hydroxylation sites is 1. The van der Waals surface area contributed by atoms with Gasteiger partial charge in [-0.2, -0.15) is 10.4 Å². The molecule has 6 nitrogen and oxygen atoms in total. The molecule has 0 aromatic heterocycles. The van der Waals surface area contributed by atoms with Crippen LogP contribution in [0.5, 0.6) is 5.75 Å². The number of benzene rings is 2. The Labute approximate surface area is 134 Å². The molecule has 0 spiro atoms. The number of hydrogen-bond acceptors (Lipinski definition) is 5. The van der Waals surface area contributed by atoms with Crippen molar-refractivity contribution >= 4 is 17.3 Å². The highest BCUT2D eigenvalue weighted by atomic mass is 16.5. The smallest absolute Gasteiger partial charge is 0.277 e. The molecule has 0 fully saturated rings. The average Bonchev–Trinajstić information content (AvgIpc) is 2.58. The Hall–Kier alpha value is -3.33. The molecule has 2 rings (SSSR count). The number of nitrogens with one attached hydrogen (secondary N) is 1. The van der Waals surface area contributed by atoms with E-state index in [1.807, 2.05) is 18.2 Å². The molecule has 0 atom stereocenters. The lowest BCUT2D eigenvalue weighted by Gasteiger charge is -2.07. The summed E-state index contributed by atoms with van der Waals surface area (Å²) in [5, 5.41) is 13.0. The minimum Gasteiger partial charge on any atom is -0.482 e. The predicted octanol–water partition coefficient (Wildman–Crippen LogP) is 2.06. The molecule has 0 unspecified atom stereocenters. The van der Waals surface area contributed by atoms with E-state index in [0.717, 1.165) is 5.56 Å². The third-order valence-corrected chi connectivity index (χ3v) is 3.04. The Bertz CT molecular complexity index is 761. The quantitative estimate of drug-likeness (QED) is 0.501. The highest BCUT2D eigenvalue weighted by Crippen LogP contribution is 2.16. The number of nitriles is 1. The van der Waals surface area contributed by atoms with Gasteiger partial charge in [0.05, 0.1) is 11.3 Å². The van der Waals surface area contributed by atoms with E-state index < -0.39 is 5.91 Å². The highest BCUT2D eigenvalue weighted by Gasteiger charge is 2.06. The zero-order valence-corrected chi connectivity index (χ0v) is 12.6. The van der Waals surface area contributed by atoms with Gasteiger partial charge in [-0.3, -0.25) is 4.79 Å². The number of nitrogen functional groups attached to an aromatic ring is 1. The standard InChI is InChI=1S/C17H16N4O2/c1-12(13-6-8-15(19)9-7-13)20-21-17(22)11-23-16-5-3-2-4-14(16)10-18/h2-9H,11,19H2,1H3,(H,21,22)/b20-12+. The van der Waals surface area contributed by atoms with E-state index in [2.05, 4.69) is 10.5 Å². The normalized spacial score (nSPS) is 10.7. The summed E-state index contributed by atoms with van der Waals surface area (Å²) in [6.45, 7) is 1.55. The predicted molar refractivity (Wildman–Crippen MR) is 87.9 cm³/mol. The van der Waals surface area contributed by atoms with Gasteiger partial charge < -0.3 is 10.5 Å². The molecule has 2 aromatic rings. The number of carbonyl (C=O) groups is 1. The lowest BCUT2D eigenvalue weighted by molar-refractivity contribution is -0.123. The Morgan fingerprint density at radius 2 is 1.96 bits per heavy atom. The van der Waals surface area contributed by atoms with Crippen molar-refractivity contribution < 1.29 is 9.53 Å². The topological polar surface area (TPSA) is 100 Å². The molecular weight excluding hydrogens is 292 g/mol. The van der Waals surface area contributed by atoms with Crippen molar-refractivity contribution in [2.75, 3.05) is 12.3 Å². The molecule has 0 aliphatic rings. The fourth-order valence-corrected chi connectivity index (χ4v) is 1.80. The second kappa shape index (κ2) is 7.61. The van der Waals surface area contributed by atoms with Gasteiger partial charge in [0.1, 0.15) is 11.8 Å². The largest absolute Gasteiger partial charge is 0.482 e. The van der Waals surface area contributed by atoms with Gasteiger partial charge >= 0.3 is 0 Å². The van der Waals surface area contributed by atoms with Crippen molar-refractivity contribution in [2.45, 2.75) is 6.92 Å². The molecule has 0 aliphatic heterocycles. The Morgan fingerprint density at radius 1 is 1.26 bits per heavy atom. The van der Waals surface area contributed by atoms with Crippen molar-refractivity contribution in [1.82, 2.24) is 5.43 Å². The lowest BCUT2D eigenvalue weighted by atomic mass is 10.1. The van der Waals surface area contributed by atoms with Crippen LogP contribution in [0.2, 0.25) is 0 Å². The first-order valence-electron chi connectivity index (χ1n) is 6.91. The van der Waals surface area contributed by atoms with Gasteiger partial charge in [-0.1, -0.05) is 24.3 Å². The van der Waals surface area contributed by atoms with E-state index in [1.165, 1.54) is 0 Å². The summed E-state index contributed by atoms with van der Waals surface area (Å²) in [5.41, 5.74) is 10.6. The molecule has 0 radical (unpaired) electrons. The highest BCUT2D eigenvalue weighted by molar-refractivity contribution is 5.99. The molecule has 116 valence electrons. The summed E-state index contributed by atoms with van der Waals surface area (Å²) in [7, 11) is 0. The van der Waals surface area contributed by atoms with Crippen LogP contribution in [0.3, 0.4) is 0 Å². The van der Waals surface area contributed by atoms with Crippen LogP contribution in [0.1, 0.15) is 18.1 Å². The second-order valence-corrected chi connectivity index (χ2v) is 4.75. The third-order valence-electron chi connectivity index (χ3n) is 3.04. The van der Waals surface area contributed by atoms with Crippen LogP contribution in [-0.2, 0) is 4.79 Å². The summed E-state index contributed by atoms with van der Waals surface area (Å²) in [6, 6.07) is 15.9. The van der Waals surface area contributed by atoms with Gasteiger partial charge in [0.25, 0.3) is 5.91 Å². The van der Waals surface area contributed by atoms with Gasteiger partial charge in [0.2, 0.25) is 0 Å². The van der Waals surface area contributed by atoms with E-state index in [4.69, 9.17) is 15.7 Å². The summed E-state index contributed by atoms with van der Waals surface area (Å²) in [6.07, 6.45) is 0. The first kappa shape index (κ1) is 16.0. The van der Waals surface area contributed by atoms with E-state index in [0.29, 0.717) is 22.7 Å². The van der Waals surface area contributed by atoms with Crippen molar-refractivity contribution in [3.05, 3.63) is 59.7 Å². The zero-order valence-electron chi connectivity index (χ0n) is 12.6. The maximum Gasteiger partial charge on any atom is 0.277 e. The molecule has 0 saturated carbocycles. The molecule has 0 bridgehead atoms. The second-order valence-electron chi connectivity index (χ2n) is 4.75. The molecule has 3 N–H and O–H groups in total. The maximum atomic E-state index is 11.8. The van der Waals surface area contributed by atoms with Crippen LogP contribution in [0, 0.1) is 11.3 Å². The van der Waals surface area contributed by atoms with Gasteiger partial charge in [0.15, 0.2) is 6.61 Å². The molecule has 23 heavy (non-hydrogen) atoms. The van der Waals surface area contributed by atoms with E-state index in [9.17, 15) is 4.79 Å². The fourth-order valence-electron chi connectivity index (χ4n) is 1.80. The third kappa shape index (κ3) is 4.58.